The van der Waals surface area contributed by atoms with E-state index >= 15 is 0 Å². The average Bonchev–Trinajstić information content (AvgIpc) is 2.56. The Kier molecular flexibility index (Phi) is 7.24. The number of ether oxygens (including phenoxy) is 1. The highest BCUT2D eigenvalue weighted by Gasteiger charge is 2.27. The zero-order valence-corrected chi connectivity index (χ0v) is 15.5. The van der Waals surface area contributed by atoms with Crippen LogP contribution >= 0.6 is 15.9 Å². The van der Waals surface area contributed by atoms with E-state index in [-0.39, 0.29) is 30.8 Å². The molecular weight excluding hydrogens is 374 g/mol. The van der Waals surface area contributed by atoms with E-state index in [1.54, 1.807) is 4.90 Å². The van der Waals surface area contributed by atoms with E-state index < -0.39 is 5.97 Å². The molecule has 0 aromatic heterocycles. The smallest absolute Gasteiger partial charge is 0.305 e. The minimum Gasteiger partial charge on any atom is -0.481 e. The van der Waals surface area contributed by atoms with Gasteiger partial charge in [0.15, 0.2) is 0 Å². The van der Waals surface area contributed by atoms with Gasteiger partial charge < -0.3 is 14.7 Å². The molecule has 1 aliphatic heterocycles. The number of carboxylic acid groups (broad SMARTS) is 1. The molecule has 1 atom stereocenters. The lowest BCUT2D eigenvalue weighted by Gasteiger charge is -2.35. The number of carbonyl (C=O) groups is 2. The second-order valence-corrected chi connectivity index (χ2v) is 7.06. The topological polar surface area (TPSA) is 66.8 Å². The second kappa shape index (κ2) is 9.18. The van der Waals surface area contributed by atoms with E-state index in [4.69, 9.17) is 9.84 Å². The van der Waals surface area contributed by atoms with Crippen molar-refractivity contribution in [2.24, 2.45) is 0 Å². The van der Waals surface area contributed by atoms with Crippen molar-refractivity contribution in [3.63, 3.8) is 0 Å². The average molecular weight is 398 g/mol. The molecule has 1 aliphatic rings. The van der Waals surface area contributed by atoms with Crippen molar-refractivity contribution in [2.75, 3.05) is 19.8 Å². The SMILES string of the molecule is C[C@@H](CC(=O)N(CCC(=O)O)C1CCOCC1)c1ccccc1Br. The summed E-state index contributed by atoms with van der Waals surface area (Å²) in [6.07, 6.45) is 1.90. The Balaban J connectivity index is 2.05. The van der Waals surface area contributed by atoms with Crippen molar-refractivity contribution in [1.29, 1.82) is 0 Å². The number of benzene rings is 1. The third-order valence-electron chi connectivity index (χ3n) is 4.44. The fourth-order valence-electron chi connectivity index (χ4n) is 3.09. The van der Waals surface area contributed by atoms with Gasteiger partial charge >= 0.3 is 5.97 Å². The first-order valence-electron chi connectivity index (χ1n) is 8.32. The maximum atomic E-state index is 12.8. The molecular formula is C18H24BrNO4. The largest absolute Gasteiger partial charge is 0.481 e. The fraction of sp³-hybridized carbons (Fsp3) is 0.556. The van der Waals surface area contributed by atoms with Crippen LogP contribution in [0.25, 0.3) is 0 Å². The molecule has 1 amide bonds. The molecule has 0 spiro atoms. The molecule has 132 valence electrons. The zero-order valence-electron chi connectivity index (χ0n) is 13.9. The van der Waals surface area contributed by atoms with Crippen LogP contribution in [-0.4, -0.2) is 47.7 Å². The minimum atomic E-state index is -0.876. The first kappa shape index (κ1) is 18.9. The zero-order chi connectivity index (χ0) is 17.5. The molecule has 0 radical (unpaired) electrons. The molecule has 0 aliphatic carbocycles. The summed E-state index contributed by atoms with van der Waals surface area (Å²) >= 11 is 3.53. The van der Waals surface area contributed by atoms with Crippen LogP contribution in [0.4, 0.5) is 0 Å². The standard InChI is InChI=1S/C18H24BrNO4/c1-13(15-4-2-3-5-16(15)19)12-17(21)20(9-6-18(22)23)14-7-10-24-11-8-14/h2-5,13-14H,6-12H2,1H3,(H,22,23)/t13-/m0/s1. The summed E-state index contributed by atoms with van der Waals surface area (Å²) in [6, 6.07) is 7.97. The van der Waals surface area contributed by atoms with E-state index in [1.807, 2.05) is 31.2 Å². The summed E-state index contributed by atoms with van der Waals surface area (Å²) in [7, 11) is 0. The molecule has 6 heteroatoms. The highest BCUT2D eigenvalue weighted by molar-refractivity contribution is 9.10. The summed E-state index contributed by atoms with van der Waals surface area (Å²) in [4.78, 5) is 25.5. The van der Waals surface area contributed by atoms with E-state index in [1.165, 1.54) is 0 Å². The van der Waals surface area contributed by atoms with Crippen LogP contribution in [0.3, 0.4) is 0 Å². The van der Waals surface area contributed by atoms with Crippen molar-refractivity contribution in [2.45, 2.75) is 44.6 Å². The normalized spacial score (nSPS) is 16.6. The molecule has 0 saturated carbocycles. The Morgan fingerprint density at radius 2 is 2.00 bits per heavy atom. The first-order valence-corrected chi connectivity index (χ1v) is 9.11. The molecule has 1 N–H and O–H groups in total. The highest BCUT2D eigenvalue weighted by atomic mass is 79.9. The third kappa shape index (κ3) is 5.31. The third-order valence-corrected chi connectivity index (χ3v) is 5.16. The number of halogens is 1. The number of aliphatic carboxylic acids is 1. The van der Waals surface area contributed by atoms with Crippen molar-refractivity contribution >= 4 is 27.8 Å². The lowest BCUT2D eigenvalue weighted by molar-refractivity contribution is -0.140. The molecule has 1 fully saturated rings. The highest BCUT2D eigenvalue weighted by Crippen LogP contribution is 2.28. The molecule has 1 heterocycles. The number of hydrogen-bond donors (Lipinski definition) is 1. The first-order chi connectivity index (χ1) is 11.5. The van der Waals surface area contributed by atoms with Crippen molar-refractivity contribution in [1.82, 2.24) is 4.90 Å². The second-order valence-electron chi connectivity index (χ2n) is 6.20. The molecule has 5 nitrogen and oxygen atoms in total. The minimum absolute atomic E-state index is 0.0198. The van der Waals surface area contributed by atoms with Crippen LogP contribution in [0.1, 0.15) is 44.1 Å². The van der Waals surface area contributed by atoms with Crippen molar-refractivity contribution < 1.29 is 19.4 Å². The Bertz CT molecular complexity index is 572. The van der Waals surface area contributed by atoms with Gasteiger partial charge in [0.2, 0.25) is 5.91 Å². The fourth-order valence-corrected chi connectivity index (χ4v) is 3.76. The molecule has 1 saturated heterocycles. The van der Waals surface area contributed by atoms with Gasteiger partial charge in [-0.05, 0) is 30.4 Å². The van der Waals surface area contributed by atoms with Crippen LogP contribution < -0.4 is 0 Å². The molecule has 2 rings (SSSR count). The number of rotatable bonds is 7. The van der Waals surface area contributed by atoms with Gasteiger partial charge in [0.05, 0.1) is 6.42 Å². The molecule has 24 heavy (non-hydrogen) atoms. The lowest BCUT2D eigenvalue weighted by Crippen LogP contribution is -2.44. The van der Waals surface area contributed by atoms with Gasteiger partial charge in [-0.25, -0.2) is 0 Å². The maximum absolute atomic E-state index is 12.8. The van der Waals surface area contributed by atoms with Crippen molar-refractivity contribution in [3.8, 4) is 0 Å². The lowest BCUT2D eigenvalue weighted by atomic mass is 9.96. The summed E-state index contributed by atoms with van der Waals surface area (Å²) in [5, 5.41) is 8.97. The van der Waals surface area contributed by atoms with E-state index in [0.717, 1.165) is 22.9 Å². The van der Waals surface area contributed by atoms with Crippen LogP contribution in [-0.2, 0) is 14.3 Å². The number of nitrogens with zero attached hydrogens (tertiary/aromatic N) is 1. The van der Waals surface area contributed by atoms with Gasteiger partial charge in [-0.1, -0.05) is 41.1 Å². The van der Waals surface area contributed by atoms with Gasteiger partial charge in [0, 0.05) is 36.7 Å². The summed E-state index contributed by atoms with van der Waals surface area (Å²) < 4.78 is 6.35. The van der Waals surface area contributed by atoms with Crippen LogP contribution in [0, 0.1) is 0 Å². The van der Waals surface area contributed by atoms with Crippen LogP contribution in [0.2, 0.25) is 0 Å². The molecule has 1 aromatic carbocycles. The predicted molar refractivity (Wildman–Crippen MR) is 95.0 cm³/mol. The number of carboxylic acids is 1. The van der Waals surface area contributed by atoms with Gasteiger partial charge in [0.1, 0.15) is 0 Å². The Morgan fingerprint density at radius 3 is 2.62 bits per heavy atom. The number of hydrogen-bond acceptors (Lipinski definition) is 3. The number of carbonyl (C=O) groups excluding carboxylic acids is 1. The van der Waals surface area contributed by atoms with Crippen molar-refractivity contribution in [3.05, 3.63) is 34.3 Å². The van der Waals surface area contributed by atoms with Gasteiger partial charge in [-0.3, -0.25) is 9.59 Å². The van der Waals surface area contributed by atoms with E-state index in [0.29, 0.717) is 19.6 Å². The quantitative estimate of drug-likeness (QED) is 0.765. The Morgan fingerprint density at radius 1 is 1.33 bits per heavy atom. The summed E-state index contributed by atoms with van der Waals surface area (Å²) in [5.74, 6) is -0.787. The summed E-state index contributed by atoms with van der Waals surface area (Å²) in [6.45, 7) is 3.54. The maximum Gasteiger partial charge on any atom is 0.305 e. The predicted octanol–water partition coefficient (Wildman–Crippen LogP) is 3.43. The monoisotopic (exact) mass is 397 g/mol. The Labute approximate surface area is 151 Å². The van der Waals surface area contributed by atoms with Crippen LogP contribution in [0.15, 0.2) is 28.7 Å². The van der Waals surface area contributed by atoms with E-state index in [2.05, 4.69) is 15.9 Å². The number of amides is 1. The molecule has 0 bridgehead atoms. The summed E-state index contributed by atoms with van der Waals surface area (Å²) in [5.41, 5.74) is 1.09. The Hall–Kier alpha value is -1.40. The molecule has 1 aromatic rings. The van der Waals surface area contributed by atoms with Crippen LogP contribution in [0.5, 0.6) is 0 Å². The molecule has 0 unspecified atom stereocenters. The van der Waals surface area contributed by atoms with Gasteiger partial charge in [0.25, 0.3) is 0 Å². The van der Waals surface area contributed by atoms with Gasteiger partial charge in [-0.2, -0.15) is 0 Å². The van der Waals surface area contributed by atoms with E-state index in [9.17, 15) is 9.59 Å². The van der Waals surface area contributed by atoms with Gasteiger partial charge in [-0.15, -0.1) is 0 Å².